The average Bonchev–Trinajstić information content (AvgIpc) is 3.05. The number of hydrogen-bond acceptors (Lipinski definition) is 4. The number of rotatable bonds is 4. The summed E-state index contributed by atoms with van der Waals surface area (Å²) in [6, 6.07) is 4.92. The molecule has 0 fully saturated rings. The van der Waals surface area contributed by atoms with Crippen LogP contribution in [-0.4, -0.2) is 28.0 Å². The van der Waals surface area contributed by atoms with Gasteiger partial charge in [0.25, 0.3) is 0 Å². The van der Waals surface area contributed by atoms with Gasteiger partial charge in [-0.15, -0.1) is 0 Å². The number of H-pyrrole nitrogens is 1. The van der Waals surface area contributed by atoms with Crippen LogP contribution in [-0.2, 0) is 0 Å². The summed E-state index contributed by atoms with van der Waals surface area (Å²) in [4.78, 5) is 11.6. The predicted molar refractivity (Wildman–Crippen MR) is 98.0 cm³/mol. The molecule has 0 aliphatic carbocycles. The summed E-state index contributed by atoms with van der Waals surface area (Å²) in [5, 5.41) is 6.59. The van der Waals surface area contributed by atoms with Crippen LogP contribution in [0.5, 0.6) is 0 Å². The molecule has 0 unspecified atom stereocenters. The molecule has 25 heavy (non-hydrogen) atoms. The Kier molecular flexibility index (Phi) is 4.11. The molecule has 0 saturated carbocycles. The summed E-state index contributed by atoms with van der Waals surface area (Å²) in [6.45, 7) is 1.35. The molecule has 0 radical (unpaired) electrons. The highest BCUT2D eigenvalue weighted by atomic mass is 35.5. The van der Waals surface area contributed by atoms with Crippen molar-refractivity contribution in [1.82, 2.24) is 20.3 Å². The number of hydrogen-bond donors (Lipinski definition) is 3. The molecule has 1 aliphatic rings. The maximum atomic E-state index is 14.2. The van der Waals surface area contributed by atoms with Crippen LogP contribution in [0.3, 0.4) is 0 Å². The molecule has 0 saturated heterocycles. The van der Waals surface area contributed by atoms with Gasteiger partial charge in [0.2, 0.25) is 0 Å². The van der Waals surface area contributed by atoms with Gasteiger partial charge >= 0.3 is 0 Å². The first-order valence-electron chi connectivity index (χ1n) is 7.83. The highest BCUT2D eigenvalue weighted by molar-refractivity contribution is 6.29. The van der Waals surface area contributed by atoms with Crippen LogP contribution in [0.15, 0.2) is 54.5 Å². The van der Waals surface area contributed by atoms with Crippen molar-refractivity contribution < 1.29 is 4.39 Å². The summed E-state index contributed by atoms with van der Waals surface area (Å²) in [6.07, 6.45) is 9.25. The van der Waals surface area contributed by atoms with Gasteiger partial charge < -0.3 is 15.6 Å². The molecule has 1 aliphatic heterocycles. The maximum absolute atomic E-state index is 14.2. The molecule has 4 rings (SSSR count). The van der Waals surface area contributed by atoms with Gasteiger partial charge in [0.05, 0.1) is 11.9 Å². The standard InChI is InChI=1S/C18H15ClFN5/c19-16-10-24-18-17(25-16)13(9-23-18)12-3-4-14(20)15(6-12)22-8-11-2-1-5-21-7-11/h1-4,6-7,9-10,21-22H,5,8H2,(H,23,24). The zero-order chi connectivity index (χ0) is 17.2. The molecule has 0 bridgehead atoms. The minimum absolute atomic E-state index is 0.305. The van der Waals surface area contributed by atoms with Crippen LogP contribution in [0.1, 0.15) is 0 Å². The first-order valence-corrected chi connectivity index (χ1v) is 8.21. The molecule has 1 aromatic carbocycles. The first kappa shape index (κ1) is 15.7. The second kappa shape index (κ2) is 6.57. The highest BCUT2D eigenvalue weighted by Crippen LogP contribution is 2.30. The Morgan fingerprint density at radius 3 is 3.08 bits per heavy atom. The number of dihydropyridines is 1. The summed E-state index contributed by atoms with van der Waals surface area (Å²) in [5.74, 6) is -0.305. The normalized spacial score (nSPS) is 13.6. The number of aromatic amines is 1. The van der Waals surface area contributed by atoms with Crippen LogP contribution in [0.4, 0.5) is 10.1 Å². The van der Waals surface area contributed by atoms with E-state index in [0.29, 0.717) is 28.5 Å². The van der Waals surface area contributed by atoms with Crippen molar-refractivity contribution in [2.75, 3.05) is 18.4 Å². The number of nitrogens with one attached hydrogen (secondary N) is 3. The Balaban J connectivity index is 1.65. The zero-order valence-electron chi connectivity index (χ0n) is 13.2. The van der Waals surface area contributed by atoms with E-state index < -0.39 is 0 Å². The van der Waals surface area contributed by atoms with Crippen molar-refractivity contribution in [3.05, 3.63) is 65.5 Å². The lowest BCUT2D eigenvalue weighted by molar-refractivity contribution is 0.631. The van der Waals surface area contributed by atoms with Crippen LogP contribution in [0.2, 0.25) is 5.15 Å². The second-order valence-electron chi connectivity index (χ2n) is 5.67. The van der Waals surface area contributed by atoms with E-state index in [0.717, 1.165) is 23.2 Å². The Bertz CT molecular complexity index is 992. The van der Waals surface area contributed by atoms with Crippen molar-refractivity contribution in [3.8, 4) is 11.1 Å². The molecule has 5 nitrogen and oxygen atoms in total. The van der Waals surface area contributed by atoms with Crippen molar-refractivity contribution in [1.29, 1.82) is 0 Å². The van der Waals surface area contributed by atoms with Gasteiger partial charge in [0, 0.05) is 31.0 Å². The Morgan fingerprint density at radius 2 is 2.24 bits per heavy atom. The molecule has 0 spiro atoms. The monoisotopic (exact) mass is 355 g/mol. The average molecular weight is 356 g/mol. The number of aromatic nitrogens is 3. The second-order valence-corrected chi connectivity index (χ2v) is 6.06. The van der Waals surface area contributed by atoms with Gasteiger partial charge in [-0.2, -0.15) is 0 Å². The van der Waals surface area contributed by atoms with E-state index in [4.69, 9.17) is 11.6 Å². The van der Waals surface area contributed by atoms with Crippen LogP contribution in [0.25, 0.3) is 22.3 Å². The molecular formula is C18H15ClFN5. The number of anilines is 1. The fraction of sp³-hybridized carbons (Fsp3) is 0.111. The van der Waals surface area contributed by atoms with E-state index in [1.54, 1.807) is 18.3 Å². The fourth-order valence-corrected chi connectivity index (χ4v) is 2.88. The van der Waals surface area contributed by atoms with Gasteiger partial charge in [0.1, 0.15) is 16.5 Å². The van der Waals surface area contributed by atoms with Gasteiger partial charge in [-0.25, -0.2) is 14.4 Å². The van der Waals surface area contributed by atoms with Crippen molar-refractivity contribution in [2.24, 2.45) is 0 Å². The molecule has 3 N–H and O–H groups in total. The lowest BCUT2D eigenvalue weighted by Gasteiger charge is -2.12. The van der Waals surface area contributed by atoms with Gasteiger partial charge in [-0.1, -0.05) is 29.8 Å². The lowest BCUT2D eigenvalue weighted by Crippen LogP contribution is -2.14. The smallest absolute Gasteiger partial charge is 0.156 e. The highest BCUT2D eigenvalue weighted by Gasteiger charge is 2.12. The third-order valence-electron chi connectivity index (χ3n) is 3.97. The molecule has 0 atom stereocenters. The van der Waals surface area contributed by atoms with Crippen molar-refractivity contribution >= 4 is 28.5 Å². The SMILES string of the molecule is Fc1ccc(-c2c[nH]c3ncc(Cl)nc23)cc1NCC1=CNCC=C1. The van der Waals surface area contributed by atoms with E-state index in [-0.39, 0.29) is 5.82 Å². The van der Waals surface area contributed by atoms with Crippen LogP contribution >= 0.6 is 11.6 Å². The molecular weight excluding hydrogens is 341 g/mol. The Hall–Kier alpha value is -2.86. The fourth-order valence-electron chi connectivity index (χ4n) is 2.74. The van der Waals surface area contributed by atoms with Crippen molar-refractivity contribution in [2.45, 2.75) is 0 Å². The molecule has 3 aromatic rings. The number of benzene rings is 1. The molecule has 3 heterocycles. The molecule has 0 amide bonds. The van der Waals surface area contributed by atoms with Gasteiger partial charge in [0.15, 0.2) is 5.65 Å². The number of fused-ring (bicyclic) bond motifs is 1. The maximum Gasteiger partial charge on any atom is 0.156 e. The minimum atomic E-state index is -0.305. The number of nitrogens with zero attached hydrogens (tertiary/aromatic N) is 2. The summed E-state index contributed by atoms with van der Waals surface area (Å²) in [5.41, 5.74) is 4.45. The first-order chi connectivity index (χ1) is 12.2. The van der Waals surface area contributed by atoms with E-state index >= 15 is 0 Å². The lowest BCUT2D eigenvalue weighted by atomic mass is 10.1. The Labute approximate surface area is 148 Å². The molecule has 126 valence electrons. The van der Waals surface area contributed by atoms with Gasteiger partial charge in [-0.05, 0) is 23.3 Å². The predicted octanol–water partition coefficient (Wildman–Crippen LogP) is 3.87. The number of halogens is 2. The third kappa shape index (κ3) is 3.21. The zero-order valence-corrected chi connectivity index (χ0v) is 13.9. The topological polar surface area (TPSA) is 65.6 Å². The van der Waals surface area contributed by atoms with Crippen LogP contribution in [0, 0.1) is 5.82 Å². The largest absolute Gasteiger partial charge is 0.387 e. The van der Waals surface area contributed by atoms with Gasteiger partial charge in [-0.3, -0.25) is 0 Å². The molecule has 2 aromatic heterocycles. The summed E-state index contributed by atoms with van der Waals surface area (Å²) in [7, 11) is 0. The van der Waals surface area contributed by atoms with Crippen LogP contribution < -0.4 is 10.6 Å². The van der Waals surface area contributed by atoms with E-state index in [9.17, 15) is 4.39 Å². The van der Waals surface area contributed by atoms with E-state index in [2.05, 4.69) is 25.6 Å². The van der Waals surface area contributed by atoms with Crippen molar-refractivity contribution in [3.63, 3.8) is 0 Å². The summed E-state index contributed by atoms with van der Waals surface area (Å²) < 4.78 is 14.2. The Morgan fingerprint density at radius 1 is 1.32 bits per heavy atom. The summed E-state index contributed by atoms with van der Waals surface area (Å²) >= 11 is 5.95. The van der Waals surface area contributed by atoms with E-state index in [1.165, 1.54) is 12.3 Å². The third-order valence-corrected chi connectivity index (χ3v) is 4.15. The quantitative estimate of drug-likeness (QED) is 0.664. The van der Waals surface area contributed by atoms with E-state index in [1.807, 2.05) is 18.4 Å². The molecule has 7 heteroatoms. The minimum Gasteiger partial charge on any atom is -0.387 e.